The molecule has 1 unspecified atom stereocenters. The van der Waals surface area contributed by atoms with Crippen molar-refractivity contribution in [3.05, 3.63) is 76.2 Å². The van der Waals surface area contributed by atoms with Gasteiger partial charge >= 0.3 is 0 Å². The van der Waals surface area contributed by atoms with Gasteiger partial charge in [0.25, 0.3) is 11.8 Å². The zero-order valence-electron chi connectivity index (χ0n) is 14.0. The molecule has 0 bridgehead atoms. The molecule has 0 aromatic heterocycles. The van der Waals surface area contributed by atoms with Crippen LogP contribution >= 0.6 is 11.6 Å². The Morgan fingerprint density at radius 1 is 0.926 bits per heavy atom. The van der Waals surface area contributed by atoms with E-state index >= 15 is 0 Å². The number of hydrogen-bond acceptors (Lipinski definition) is 4. The minimum Gasteiger partial charge on any atom is -0.272 e. The van der Waals surface area contributed by atoms with Crippen LogP contribution in [0.4, 0.5) is 0 Å². The lowest BCUT2D eigenvalue weighted by Crippen LogP contribution is -2.47. The molecule has 6 nitrogen and oxygen atoms in total. The molecule has 1 saturated heterocycles. The van der Waals surface area contributed by atoms with Gasteiger partial charge in [-0.25, -0.2) is 8.42 Å². The van der Waals surface area contributed by atoms with Crippen molar-refractivity contribution in [1.29, 1.82) is 0 Å². The van der Waals surface area contributed by atoms with Crippen LogP contribution in [0.1, 0.15) is 17.0 Å². The molecule has 2 aliphatic heterocycles. The van der Waals surface area contributed by atoms with Gasteiger partial charge in [-0.2, -0.15) is 0 Å². The normalized spacial score (nSPS) is 22.9. The summed E-state index contributed by atoms with van der Waals surface area (Å²) in [6.45, 7) is 0. The van der Waals surface area contributed by atoms with Gasteiger partial charge in [0, 0.05) is 16.3 Å². The third-order valence-electron chi connectivity index (χ3n) is 5.01. The van der Waals surface area contributed by atoms with Crippen LogP contribution in [0.5, 0.6) is 0 Å². The fraction of sp³-hybridized carbons (Fsp3) is 0.158. The van der Waals surface area contributed by atoms with Crippen LogP contribution in [-0.2, 0) is 19.4 Å². The Morgan fingerprint density at radius 3 is 2.11 bits per heavy atom. The van der Waals surface area contributed by atoms with Crippen molar-refractivity contribution in [2.45, 2.75) is 5.92 Å². The molecule has 27 heavy (non-hydrogen) atoms. The highest BCUT2D eigenvalue weighted by Crippen LogP contribution is 2.52. The van der Waals surface area contributed by atoms with Crippen LogP contribution in [0, 0.1) is 5.41 Å². The van der Waals surface area contributed by atoms with Gasteiger partial charge in [0.05, 0.1) is 5.75 Å². The molecule has 2 amide bonds. The van der Waals surface area contributed by atoms with E-state index in [1.807, 2.05) is 0 Å². The number of halogens is 1. The van der Waals surface area contributed by atoms with Crippen molar-refractivity contribution in [3.8, 4) is 0 Å². The predicted molar refractivity (Wildman–Crippen MR) is 101 cm³/mol. The first-order chi connectivity index (χ1) is 12.8. The maximum atomic E-state index is 13.0. The first-order valence-electron chi connectivity index (χ1n) is 8.21. The molecule has 2 aromatic rings. The van der Waals surface area contributed by atoms with Gasteiger partial charge in [-0.1, -0.05) is 54.1 Å². The van der Waals surface area contributed by atoms with Crippen LogP contribution in [0.25, 0.3) is 5.57 Å². The van der Waals surface area contributed by atoms with Gasteiger partial charge < -0.3 is 0 Å². The summed E-state index contributed by atoms with van der Waals surface area (Å²) in [5.41, 5.74) is 4.28. The second-order valence-corrected chi connectivity index (χ2v) is 8.88. The smallest absolute Gasteiger partial charge is 0.259 e. The highest BCUT2D eigenvalue weighted by molar-refractivity contribution is 7.94. The van der Waals surface area contributed by atoms with Crippen molar-refractivity contribution in [3.63, 3.8) is 0 Å². The number of hydrazine groups is 1. The molecule has 138 valence electrons. The Hall–Kier alpha value is -2.64. The highest BCUT2D eigenvalue weighted by atomic mass is 35.5. The summed E-state index contributed by atoms with van der Waals surface area (Å²) in [5, 5.41) is 1.53. The van der Waals surface area contributed by atoms with E-state index in [1.165, 1.54) is 0 Å². The van der Waals surface area contributed by atoms with Crippen molar-refractivity contribution in [2.75, 3.05) is 5.75 Å². The summed E-state index contributed by atoms with van der Waals surface area (Å²) in [4.78, 5) is 25.9. The maximum absolute atomic E-state index is 13.0. The first kappa shape index (κ1) is 17.8. The lowest BCUT2D eigenvalue weighted by molar-refractivity contribution is -0.133. The molecule has 0 aliphatic carbocycles. The van der Waals surface area contributed by atoms with Crippen molar-refractivity contribution < 1.29 is 18.0 Å². The Bertz CT molecular complexity index is 1050. The Kier molecular flexibility index (Phi) is 4.09. The number of amides is 2. The van der Waals surface area contributed by atoms with Crippen LogP contribution in [0.15, 0.2) is 60.0 Å². The van der Waals surface area contributed by atoms with Crippen LogP contribution in [-0.4, -0.2) is 26.0 Å². The molecule has 4 rings (SSSR count). The lowest BCUT2D eigenvalue weighted by Gasteiger charge is -2.37. The summed E-state index contributed by atoms with van der Waals surface area (Å²) in [6.07, 6.45) is 0. The molecule has 0 saturated carbocycles. The summed E-state index contributed by atoms with van der Waals surface area (Å²) in [5.74, 6) is -2.39. The van der Waals surface area contributed by atoms with E-state index in [1.54, 1.807) is 54.6 Å². The molecule has 1 atom stereocenters. The SMILES string of the molecule is O=C1NNC(=O)C12C(c1ccccc1)=CS(=O)(=O)CC2c1ccc(Cl)cc1. The molecule has 2 N–H and O–H groups in total. The molecule has 0 radical (unpaired) electrons. The number of nitrogens with one attached hydrogen (secondary N) is 2. The van der Waals surface area contributed by atoms with Gasteiger partial charge in [-0.15, -0.1) is 0 Å². The van der Waals surface area contributed by atoms with Gasteiger partial charge in [0.2, 0.25) is 0 Å². The maximum Gasteiger partial charge on any atom is 0.259 e. The van der Waals surface area contributed by atoms with Gasteiger partial charge in [0.15, 0.2) is 15.3 Å². The number of carbonyl (C=O) groups excluding carboxylic acids is 2. The van der Waals surface area contributed by atoms with Crippen LogP contribution < -0.4 is 10.9 Å². The van der Waals surface area contributed by atoms with E-state index in [2.05, 4.69) is 10.9 Å². The Morgan fingerprint density at radius 2 is 1.52 bits per heavy atom. The molecule has 1 spiro atoms. The van der Waals surface area contributed by atoms with E-state index in [4.69, 9.17) is 11.6 Å². The van der Waals surface area contributed by atoms with Crippen molar-refractivity contribution in [2.24, 2.45) is 5.41 Å². The molecule has 2 heterocycles. The standard InChI is InChI=1S/C19H15ClN2O4S/c20-14-8-6-13(7-9-14)16-11-27(25,26)10-15(12-4-2-1-3-5-12)19(16)17(23)21-22-18(19)24/h1-10,16H,11H2,(H,21,23)(H,22,24). The van der Waals surface area contributed by atoms with Crippen molar-refractivity contribution in [1.82, 2.24) is 10.9 Å². The number of rotatable bonds is 2. The van der Waals surface area contributed by atoms with E-state index in [9.17, 15) is 18.0 Å². The zero-order valence-corrected chi connectivity index (χ0v) is 15.5. The summed E-state index contributed by atoms with van der Waals surface area (Å²) >= 11 is 5.95. The van der Waals surface area contributed by atoms with Gasteiger partial charge in [-0.05, 0) is 28.8 Å². The average Bonchev–Trinajstić information content (AvgIpc) is 2.94. The fourth-order valence-electron chi connectivity index (χ4n) is 3.80. The van der Waals surface area contributed by atoms with E-state index in [0.29, 0.717) is 16.1 Å². The molecule has 2 aromatic carbocycles. The van der Waals surface area contributed by atoms with Crippen LogP contribution in [0.3, 0.4) is 0 Å². The molecule has 8 heteroatoms. The Labute approximate surface area is 161 Å². The predicted octanol–water partition coefficient (Wildman–Crippen LogP) is 2.04. The number of hydrogen-bond donors (Lipinski definition) is 2. The first-order valence-corrected chi connectivity index (χ1v) is 10.3. The second-order valence-electron chi connectivity index (χ2n) is 6.55. The minimum absolute atomic E-state index is 0.168. The quantitative estimate of drug-likeness (QED) is 0.752. The topological polar surface area (TPSA) is 92.3 Å². The minimum atomic E-state index is -3.65. The summed E-state index contributed by atoms with van der Waals surface area (Å²) in [6, 6.07) is 15.1. The number of benzene rings is 2. The third kappa shape index (κ3) is 2.74. The van der Waals surface area contributed by atoms with E-state index < -0.39 is 33.0 Å². The van der Waals surface area contributed by atoms with E-state index in [0.717, 1.165) is 5.41 Å². The van der Waals surface area contributed by atoms with Crippen LogP contribution in [0.2, 0.25) is 5.02 Å². The molecule has 2 aliphatic rings. The fourth-order valence-corrected chi connectivity index (χ4v) is 5.61. The monoisotopic (exact) mass is 402 g/mol. The summed E-state index contributed by atoms with van der Waals surface area (Å²) < 4.78 is 25.3. The third-order valence-corrected chi connectivity index (χ3v) is 6.65. The number of sulfone groups is 1. The molecular formula is C19H15ClN2O4S. The van der Waals surface area contributed by atoms with E-state index in [-0.39, 0.29) is 11.3 Å². The summed E-state index contributed by atoms with van der Waals surface area (Å²) in [7, 11) is -3.65. The second kappa shape index (κ2) is 6.21. The van der Waals surface area contributed by atoms with Crippen molar-refractivity contribution >= 4 is 38.8 Å². The largest absolute Gasteiger partial charge is 0.272 e. The van der Waals surface area contributed by atoms with Gasteiger partial charge in [-0.3, -0.25) is 20.4 Å². The van der Waals surface area contributed by atoms with Gasteiger partial charge in [0.1, 0.15) is 0 Å². The Balaban J connectivity index is 2.02. The highest BCUT2D eigenvalue weighted by Gasteiger charge is 2.62. The molecule has 1 fully saturated rings. The zero-order chi connectivity index (χ0) is 19.2. The molecular weight excluding hydrogens is 388 g/mol. The lowest BCUT2D eigenvalue weighted by atomic mass is 9.65. The average molecular weight is 403 g/mol. The number of carbonyl (C=O) groups is 2.